The van der Waals surface area contributed by atoms with Gasteiger partial charge in [0, 0.05) is 38.7 Å². The van der Waals surface area contributed by atoms with E-state index in [1.165, 1.54) is 66.3 Å². The number of hydrogen-bond acceptors (Lipinski definition) is 1. The van der Waals surface area contributed by atoms with Crippen molar-refractivity contribution in [2.75, 3.05) is 4.90 Å². The van der Waals surface area contributed by atoms with E-state index in [1.54, 1.807) is 0 Å². The maximum atomic E-state index is 2.48. The van der Waals surface area contributed by atoms with Gasteiger partial charge < -0.3 is 9.47 Å². The minimum atomic E-state index is -0.105. The summed E-state index contributed by atoms with van der Waals surface area (Å²) in [4.78, 5) is 2.48. The van der Waals surface area contributed by atoms with Crippen LogP contribution < -0.4 is 4.90 Å². The summed E-state index contributed by atoms with van der Waals surface area (Å²) < 4.78 is 2.41. The quantitative estimate of drug-likeness (QED) is 0.157. The lowest BCUT2D eigenvalue weighted by molar-refractivity contribution is 0.660. The minimum absolute atomic E-state index is 0.105. The molecule has 0 unspecified atom stereocenters. The number of para-hydroxylation sites is 4. The number of benzene rings is 9. The van der Waals surface area contributed by atoms with Crippen molar-refractivity contribution < 1.29 is 0 Å². The van der Waals surface area contributed by atoms with Crippen LogP contribution in [0.25, 0.3) is 72.0 Å². The van der Waals surface area contributed by atoms with Crippen LogP contribution in [0.3, 0.4) is 0 Å². The van der Waals surface area contributed by atoms with Crippen LogP contribution in [0.15, 0.2) is 218 Å². The van der Waals surface area contributed by atoms with Crippen molar-refractivity contribution in [3.63, 3.8) is 0 Å². The SMILES string of the molecule is CC1(C)c2ccccc2-c2c(-c3ccccc3N(c3cccc(-n4c5ccccc5c5ccccc54)c3)c3ccccc3-c3ccc(-c4ccccc4)cc3)cccc21. The lowest BCUT2D eigenvalue weighted by Crippen LogP contribution is -2.15. The Hall–Kier alpha value is -7.42. The average Bonchev–Trinajstić information content (AvgIpc) is 3.76. The summed E-state index contributed by atoms with van der Waals surface area (Å²) >= 11 is 0. The van der Waals surface area contributed by atoms with Gasteiger partial charge in [0.2, 0.25) is 0 Å². The highest BCUT2D eigenvalue weighted by molar-refractivity contribution is 6.09. The molecule has 2 nitrogen and oxygen atoms in total. The molecule has 1 heterocycles. The molecule has 0 atom stereocenters. The highest BCUT2D eigenvalue weighted by Crippen LogP contribution is 2.54. The van der Waals surface area contributed by atoms with Crippen molar-refractivity contribution in [1.29, 1.82) is 0 Å². The van der Waals surface area contributed by atoms with E-state index in [-0.39, 0.29) is 5.41 Å². The normalized spacial score (nSPS) is 12.7. The van der Waals surface area contributed by atoms with Gasteiger partial charge in [-0.25, -0.2) is 0 Å². The number of hydrogen-bond donors (Lipinski definition) is 0. The third-order valence-corrected chi connectivity index (χ3v) is 12.4. The predicted octanol–water partition coefficient (Wildman–Crippen LogP) is 15.6. The van der Waals surface area contributed by atoms with Crippen LogP contribution in [0.2, 0.25) is 0 Å². The second-order valence-corrected chi connectivity index (χ2v) is 16.1. The molecule has 0 saturated carbocycles. The Kier molecular flexibility index (Phi) is 8.20. The van der Waals surface area contributed by atoms with E-state index < -0.39 is 0 Å². The summed E-state index contributed by atoms with van der Waals surface area (Å²) in [5.41, 5.74) is 19.3. The van der Waals surface area contributed by atoms with Gasteiger partial charge in [-0.1, -0.05) is 190 Å². The Morgan fingerprint density at radius 1 is 0.373 bits per heavy atom. The Morgan fingerprint density at radius 2 is 0.881 bits per heavy atom. The zero-order valence-corrected chi connectivity index (χ0v) is 33.2. The first-order chi connectivity index (χ1) is 29.1. The smallest absolute Gasteiger partial charge is 0.0541 e. The van der Waals surface area contributed by atoms with Gasteiger partial charge in [0.15, 0.2) is 0 Å². The zero-order chi connectivity index (χ0) is 39.5. The third kappa shape index (κ3) is 5.63. The Morgan fingerprint density at radius 3 is 1.61 bits per heavy atom. The van der Waals surface area contributed by atoms with Crippen molar-refractivity contribution in [2.24, 2.45) is 0 Å². The van der Waals surface area contributed by atoms with Gasteiger partial charge in [-0.15, -0.1) is 0 Å². The number of nitrogens with zero attached hydrogens (tertiary/aromatic N) is 2. The van der Waals surface area contributed by atoms with Gasteiger partial charge in [0.05, 0.1) is 22.4 Å². The predicted molar refractivity (Wildman–Crippen MR) is 249 cm³/mol. The summed E-state index contributed by atoms with van der Waals surface area (Å²) in [5, 5.41) is 2.50. The van der Waals surface area contributed by atoms with Crippen LogP contribution >= 0.6 is 0 Å². The topological polar surface area (TPSA) is 8.17 Å². The molecule has 9 aromatic carbocycles. The standard InChI is InChI=1S/C57H42N2/c1-57(2)50-28-11-6-26-49(50)56-48(27-17-29-51(56)57)47-25-10-15-33-55(47)58(52-30-12-7-22-44(52)41-36-34-40(35-37-41)39-18-4-3-5-19-39)42-20-16-21-43(38-42)59-53-31-13-8-23-45(53)46-24-9-14-32-54(46)59/h3-38H,1-2H3. The molecule has 0 bridgehead atoms. The van der Waals surface area contributed by atoms with Gasteiger partial charge in [-0.3, -0.25) is 0 Å². The van der Waals surface area contributed by atoms with E-state index >= 15 is 0 Å². The largest absolute Gasteiger partial charge is 0.309 e. The molecule has 0 aliphatic heterocycles. The number of aromatic nitrogens is 1. The average molecular weight is 755 g/mol. The molecule has 280 valence electrons. The highest BCUT2D eigenvalue weighted by atomic mass is 15.2. The minimum Gasteiger partial charge on any atom is -0.309 e. The molecule has 1 aromatic heterocycles. The van der Waals surface area contributed by atoms with E-state index in [0.717, 1.165) is 33.9 Å². The fourth-order valence-electron chi connectivity index (χ4n) is 9.64. The molecule has 2 heteroatoms. The summed E-state index contributed by atoms with van der Waals surface area (Å²) in [5.74, 6) is 0. The van der Waals surface area contributed by atoms with Gasteiger partial charge in [0.1, 0.15) is 0 Å². The van der Waals surface area contributed by atoms with E-state index in [2.05, 4.69) is 242 Å². The molecule has 0 saturated heterocycles. The Labute approximate surface area is 345 Å². The molecule has 0 amide bonds. The van der Waals surface area contributed by atoms with Crippen molar-refractivity contribution in [3.05, 3.63) is 230 Å². The van der Waals surface area contributed by atoms with Gasteiger partial charge >= 0.3 is 0 Å². The molecule has 59 heavy (non-hydrogen) atoms. The lowest BCUT2D eigenvalue weighted by atomic mass is 9.82. The fourth-order valence-corrected chi connectivity index (χ4v) is 9.64. The van der Waals surface area contributed by atoms with E-state index in [4.69, 9.17) is 0 Å². The van der Waals surface area contributed by atoms with Crippen molar-refractivity contribution >= 4 is 38.9 Å². The second-order valence-electron chi connectivity index (χ2n) is 16.1. The summed E-state index contributed by atoms with van der Waals surface area (Å²) in [6.45, 7) is 4.72. The Bertz CT molecular complexity index is 3130. The van der Waals surface area contributed by atoms with Crippen LogP contribution in [0.4, 0.5) is 17.1 Å². The molecule has 1 aliphatic carbocycles. The van der Waals surface area contributed by atoms with Crippen LogP contribution in [0.5, 0.6) is 0 Å². The van der Waals surface area contributed by atoms with E-state index in [9.17, 15) is 0 Å². The number of rotatable bonds is 7. The van der Waals surface area contributed by atoms with Crippen LogP contribution in [0.1, 0.15) is 25.0 Å². The zero-order valence-electron chi connectivity index (χ0n) is 33.2. The van der Waals surface area contributed by atoms with Crippen molar-refractivity contribution in [1.82, 2.24) is 4.57 Å². The monoisotopic (exact) mass is 754 g/mol. The summed E-state index contributed by atoms with van der Waals surface area (Å²) in [7, 11) is 0. The van der Waals surface area contributed by atoms with Crippen molar-refractivity contribution in [3.8, 4) is 50.2 Å². The van der Waals surface area contributed by atoms with Gasteiger partial charge in [-0.05, 0) is 87.0 Å². The number of fused-ring (bicyclic) bond motifs is 6. The first kappa shape index (κ1) is 34.8. The van der Waals surface area contributed by atoms with Gasteiger partial charge in [-0.2, -0.15) is 0 Å². The molecule has 10 aromatic rings. The molecular weight excluding hydrogens is 713 g/mol. The third-order valence-electron chi connectivity index (χ3n) is 12.4. The maximum absolute atomic E-state index is 2.48. The van der Waals surface area contributed by atoms with E-state index in [1.807, 2.05) is 0 Å². The fraction of sp³-hybridized carbons (Fsp3) is 0.0526. The van der Waals surface area contributed by atoms with Gasteiger partial charge in [0.25, 0.3) is 0 Å². The molecule has 11 rings (SSSR count). The van der Waals surface area contributed by atoms with Crippen LogP contribution in [-0.2, 0) is 5.41 Å². The first-order valence-corrected chi connectivity index (χ1v) is 20.5. The first-order valence-electron chi connectivity index (χ1n) is 20.5. The summed E-state index contributed by atoms with van der Waals surface area (Å²) in [6, 6.07) is 79.9. The van der Waals surface area contributed by atoms with E-state index in [0.29, 0.717) is 0 Å². The molecule has 0 fully saturated rings. The molecule has 0 spiro atoms. The lowest BCUT2D eigenvalue weighted by Gasteiger charge is -2.31. The molecule has 0 N–H and O–H groups in total. The molecule has 0 radical (unpaired) electrons. The van der Waals surface area contributed by atoms with Crippen molar-refractivity contribution in [2.45, 2.75) is 19.3 Å². The summed E-state index contributed by atoms with van der Waals surface area (Å²) in [6.07, 6.45) is 0. The second kappa shape index (κ2) is 13.9. The maximum Gasteiger partial charge on any atom is 0.0541 e. The van der Waals surface area contributed by atoms with Crippen LogP contribution in [-0.4, -0.2) is 4.57 Å². The van der Waals surface area contributed by atoms with Crippen LogP contribution in [0, 0.1) is 0 Å². The number of anilines is 3. The molecule has 1 aliphatic rings. The molecular formula is C57H42N2. The highest BCUT2D eigenvalue weighted by Gasteiger charge is 2.37. The Balaban J connectivity index is 1.15.